The van der Waals surface area contributed by atoms with E-state index in [1.165, 1.54) is 18.9 Å². The van der Waals surface area contributed by atoms with Gasteiger partial charge in [-0.05, 0) is 44.1 Å². The largest absolute Gasteiger partial charge is 0.326 e. The third kappa shape index (κ3) is 7.83. The minimum atomic E-state index is -0.0381. The van der Waals surface area contributed by atoms with Crippen molar-refractivity contribution in [2.75, 3.05) is 26.0 Å². The molecule has 4 heteroatoms. The van der Waals surface area contributed by atoms with Crippen molar-refractivity contribution in [1.82, 2.24) is 10.2 Å². The zero-order chi connectivity index (χ0) is 15.8. The number of nitrogens with zero attached hydrogens (tertiary/aromatic N) is 1. The molecule has 1 unspecified atom stereocenters. The fourth-order valence-corrected chi connectivity index (χ4v) is 2.40. The fraction of sp³-hybridized carbons (Fsp3) is 0.588. The molecule has 2 N–H and O–H groups in total. The molecule has 0 aromatic heterocycles. The predicted molar refractivity (Wildman–Crippen MR) is 89.4 cm³/mol. The Labute approximate surface area is 128 Å². The lowest BCUT2D eigenvalue weighted by atomic mass is 10.0. The lowest BCUT2D eigenvalue weighted by molar-refractivity contribution is -0.114. The maximum Gasteiger partial charge on any atom is 0.221 e. The van der Waals surface area contributed by atoms with E-state index in [2.05, 4.69) is 55.6 Å². The zero-order valence-electron chi connectivity index (χ0n) is 13.9. The Morgan fingerprint density at radius 3 is 2.29 bits per heavy atom. The average Bonchev–Trinajstić information content (AvgIpc) is 2.35. The highest BCUT2D eigenvalue weighted by Gasteiger charge is 2.11. The fourth-order valence-electron chi connectivity index (χ4n) is 2.40. The van der Waals surface area contributed by atoms with E-state index in [-0.39, 0.29) is 5.91 Å². The third-order valence-electron chi connectivity index (χ3n) is 3.21. The van der Waals surface area contributed by atoms with E-state index < -0.39 is 0 Å². The minimum absolute atomic E-state index is 0.0381. The molecule has 1 atom stereocenters. The highest BCUT2D eigenvalue weighted by atomic mass is 16.1. The second-order valence-electron chi connectivity index (χ2n) is 6.35. The van der Waals surface area contributed by atoms with Crippen LogP contribution < -0.4 is 10.6 Å². The molecule has 0 radical (unpaired) electrons. The van der Waals surface area contributed by atoms with Gasteiger partial charge in [0.05, 0.1) is 0 Å². The number of amides is 1. The number of likely N-dealkylation sites (N-methyl/N-ethyl adjacent to an activating group) is 1. The monoisotopic (exact) mass is 291 g/mol. The first kappa shape index (κ1) is 17.7. The van der Waals surface area contributed by atoms with Gasteiger partial charge in [-0.1, -0.05) is 26.0 Å². The first-order valence-electron chi connectivity index (χ1n) is 7.61. The summed E-state index contributed by atoms with van der Waals surface area (Å²) in [5.74, 6) is 0.647. The summed E-state index contributed by atoms with van der Waals surface area (Å²) in [6.45, 7) is 7.93. The van der Waals surface area contributed by atoms with Crippen LogP contribution in [0.2, 0.25) is 0 Å². The van der Waals surface area contributed by atoms with E-state index in [4.69, 9.17) is 0 Å². The normalized spacial score (nSPS) is 12.7. The van der Waals surface area contributed by atoms with E-state index in [1.54, 1.807) is 0 Å². The van der Waals surface area contributed by atoms with Crippen molar-refractivity contribution in [2.24, 2.45) is 5.92 Å². The van der Waals surface area contributed by atoms with Gasteiger partial charge in [-0.3, -0.25) is 4.79 Å². The van der Waals surface area contributed by atoms with E-state index in [0.29, 0.717) is 12.0 Å². The van der Waals surface area contributed by atoms with Crippen LogP contribution in [0, 0.1) is 5.92 Å². The van der Waals surface area contributed by atoms with Crippen molar-refractivity contribution >= 4 is 11.6 Å². The summed E-state index contributed by atoms with van der Waals surface area (Å²) >= 11 is 0. The molecule has 4 nitrogen and oxygen atoms in total. The van der Waals surface area contributed by atoms with Crippen LogP contribution in [0.3, 0.4) is 0 Å². The molecule has 0 fully saturated rings. The Morgan fingerprint density at radius 2 is 1.81 bits per heavy atom. The Hall–Kier alpha value is -1.39. The molecular formula is C17H29N3O. The van der Waals surface area contributed by atoms with Gasteiger partial charge in [0.15, 0.2) is 0 Å². The molecule has 0 bridgehead atoms. The average molecular weight is 291 g/mol. The SMILES string of the molecule is CC(=O)Nc1ccc(CNC(CC(C)C)CN(C)C)cc1. The third-order valence-corrected chi connectivity index (χ3v) is 3.21. The summed E-state index contributed by atoms with van der Waals surface area (Å²) in [5.41, 5.74) is 2.08. The number of carbonyl (C=O) groups excluding carboxylic acids is 1. The molecule has 0 aliphatic carbocycles. The highest BCUT2D eigenvalue weighted by molar-refractivity contribution is 5.88. The molecule has 1 rings (SSSR count). The number of rotatable bonds is 8. The number of nitrogens with one attached hydrogen (secondary N) is 2. The Morgan fingerprint density at radius 1 is 1.19 bits per heavy atom. The second kappa shape index (κ2) is 8.80. The van der Waals surface area contributed by atoms with Gasteiger partial charge in [0.1, 0.15) is 0 Å². The first-order chi connectivity index (χ1) is 9.86. The molecule has 21 heavy (non-hydrogen) atoms. The lowest BCUT2D eigenvalue weighted by Crippen LogP contribution is -2.38. The number of hydrogen-bond donors (Lipinski definition) is 2. The van der Waals surface area contributed by atoms with Crippen LogP contribution in [0.1, 0.15) is 32.8 Å². The van der Waals surface area contributed by atoms with Gasteiger partial charge in [0, 0.05) is 31.7 Å². The summed E-state index contributed by atoms with van der Waals surface area (Å²) in [7, 11) is 4.22. The molecular weight excluding hydrogens is 262 g/mol. The van der Waals surface area contributed by atoms with Crippen molar-refractivity contribution in [1.29, 1.82) is 0 Å². The molecule has 0 saturated carbocycles. The van der Waals surface area contributed by atoms with Crippen molar-refractivity contribution in [2.45, 2.75) is 39.8 Å². The Kier molecular flexibility index (Phi) is 7.40. The van der Waals surface area contributed by atoms with Gasteiger partial charge in [0.25, 0.3) is 0 Å². The van der Waals surface area contributed by atoms with Gasteiger partial charge < -0.3 is 15.5 Å². The molecule has 0 spiro atoms. The van der Waals surface area contributed by atoms with Crippen LogP contribution in [0.15, 0.2) is 24.3 Å². The highest BCUT2D eigenvalue weighted by Crippen LogP contribution is 2.11. The quantitative estimate of drug-likeness (QED) is 0.774. The number of hydrogen-bond acceptors (Lipinski definition) is 3. The molecule has 0 saturated heterocycles. The predicted octanol–water partition coefficient (Wildman–Crippen LogP) is 2.71. The van der Waals surface area contributed by atoms with Gasteiger partial charge >= 0.3 is 0 Å². The molecule has 1 amide bonds. The van der Waals surface area contributed by atoms with Gasteiger partial charge in [-0.2, -0.15) is 0 Å². The number of benzene rings is 1. The molecule has 1 aromatic rings. The van der Waals surface area contributed by atoms with Gasteiger partial charge in [-0.25, -0.2) is 0 Å². The van der Waals surface area contributed by atoms with Crippen molar-refractivity contribution in [3.05, 3.63) is 29.8 Å². The standard InChI is InChI=1S/C17H29N3O/c1-13(2)10-17(12-20(4)5)18-11-15-6-8-16(9-7-15)19-14(3)21/h6-9,13,17-18H,10-12H2,1-5H3,(H,19,21). The van der Waals surface area contributed by atoms with E-state index in [9.17, 15) is 4.79 Å². The van der Waals surface area contributed by atoms with Crippen molar-refractivity contribution in [3.8, 4) is 0 Å². The summed E-state index contributed by atoms with van der Waals surface area (Å²) in [6.07, 6.45) is 1.17. The van der Waals surface area contributed by atoms with E-state index >= 15 is 0 Å². The smallest absolute Gasteiger partial charge is 0.221 e. The molecule has 0 aliphatic rings. The van der Waals surface area contributed by atoms with Crippen LogP contribution in [0.25, 0.3) is 0 Å². The number of carbonyl (C=O) groups is 1. The van der Waals surface area contributed by atoms with Crippen LogP contribution in [-0.2, 0) is 11.3 Å². The maximum absolute atomic E-state index is 11.0. The first-order valence-corrected chi connectivity index (χ1v) is 7.61. The van der Waals surface area contributed by atoms with Crippen molar-refractivity contribution in [3.63, 3.8) is 0 Å². The van der Waals surface area contributed by atoms with Crippen LogP contribution in [-0.4, -0.2) is 37.5 Å². The summed E-state index contributed by atoms with van der Waals surface area (Å²) < 4.78 is 0. The Bertz CT molecular complexity index is 416. The molecule has 0 aliphatic heterocycles. The number of anilines is 1. The van der Waals surface area contributed by atoms with Crippen LogP contribution >= 0.6 is 0 Å². The maximum atomic E-state index is 11.0. The molecule has 118 valence electrons. The van der Waals surface area contributed by atoms with Crippen molar-refractivity contribution < 1.29 is 4.79 Å². The second-order valence-corrected chi connectivity index (χ2v) is 6.35. The molecule has 1 aromatic carbocycles. The topological polar surface area (TPSA) is 44.4 Å². The summed E-state index contributed by atoms with van der Waals surface area (Å²) in [4.78, 5) is 13.2. The van der Waals surface area contributed by atoms with Gasteiger partial charge in [-0.15, -0.1) is 0 Å². The minimum Gasteiger partial charge on any atom is -0.326 e. The van der Waals surface area contributed by atoms with Crippen LogP contribution in [0.4, 0.5) is 5.69 Å². The van der Waals surface area contributed by atoms with E-state index in [1.807, 2.05) is 12.1 Å². The zero-order valence-corrected chi connectivity index (χ0v) is 13.9. The lowest BCUT2D eigenvalue weighted by Gasteiger charge is -2.24. The summed E-state index contributed by atoms with van der Waals surface area (Å²) in [6, 6.07) is 8.50. The Balaban J connectivity index is 2.52. The summed E-state index contributed by atoms with van der Waals surface area (Å²) in [5, 5.41) is 6.41. The molecule has 0 heterocycles. The van der Waals surface area contributed by atoms with Gasteiger partial charge in [0.2, 0.25) is 5.91 Å². The van der Waals surface area contributed by atoms with Crippen LogP contribution in [0.5, 0.6) is 0 Å². The van der Waals surface area contributed by atoms with E-state index in [0.717, 1.165) is 18.8 Å².